The van der Waals surface area contributed by atoms with Crippen molar-refractivity contribution in [3.05, 3.63) is 57.7 Å². The van der Waals surface area contributed by atoms with Crippen molar-refractivity contribution in [3.63, 3.8) is 0 Å². The minimum absolute atomic E-state index is 0.0282. The number of fused-ring (bicyclic) bond motifs is 1. The second kappa shape index (κ2) is 6.00. The van der Waals surface area contributed by atoms with Gasteiger partial charge in [-0.05, 0) is 54.2 Å². The van der Waals surface area contributed by atoms with E-state index < -0.39 is 0 Å². The molecule has 1 N–H and O–H groups in total. The monoisotopic (exact) mass is 303 g/mol. The molecule has 0 saturated heterocycles. The first-order valence-corrected chi connectivity index (χ1v) is 8.09. The first kappa shape index (κ1) is 14.3. The molecule has 1 unspecified atom stereocenters. The lowest BCUT2D eigenvalue weighted by Gasteiger charge is -2.15. The number of rotatable bonds is 5. The molecular weight excluding hydrogens is 285 g/mol. The normalized spacial score (nSPS) is 12.9. The molecule has 21 heavy (non-hydrogen) atoms. The lowest BCUT2D eigenvalue weighted by atomic mass is 10.1. The quantitative estimate of drug-likeness (QED) is 0.725. The Balaban J connectivity index is 2.06. The summed E-state index contributed by atoms with van der Waals surface area (Å²) < 4.78 is 19.3. The van der Waals surface area contributed by atoms with Crippen molar-refractivity contribution in [1.82, 2.24) is 5.32 Å². The van der Waals surface area contributed by atoms with Crippen molar-refractivity contribution < 1.29 is 8.81 Å². The summed E-state index contributed by atoms with van der Waals surface area (Å²) >= 11 is 1.73. The third-order valence-corrected chi connectivity index (χ3v) is 4.64. The number of nitrogens with one attached hydrogen (secondary N) is 1. The molecule has 110 valence electrons. The maximum atomic E-state index is 13.3. The van der Waals surface area contributed by atoms with E-state index in [1.165, 1.54) is 22.6 Å². The van der Waals surface area contributed by atoms with E-state index >= 15 is 0 Å². The second-order valence-corrected chi connectivity index (χ2v) is 5.93. The highest BCUT2D eigenvalue weighted by molar-refractivity contribution is 7.10. The number of halogens is 1. The Morgan fingerprint density at radius 2 is 2.10 bits per heavy atom. The molecule has 1 aromatic carbocycles. The zero-order chi connectivity index (χ0) is 14.8. The van der Waals surface area contributed by atoms with Gasteiger partial charge in [0.05, 0.1) is 0 Å². The van der Waals surface area contributed by atoms with Crippen LogP contribution < -0.4 is 5.32 Å². The van der Waals surface area contributed by atoms with Crippen molar-refractivity contribution >= 4 is 22.3 Å². The Bertz CT molecular complexity index is 746. The Kier molecular flexibility index (Phi) is 4.08. The molecule has 0 bridgehead atoms. The fraction of sp³-hybridized carbons (Fsp3) is 0.294. The molecule has 2 aromatic heterocycles. The lowest BCUT2D eigenvalue weighted by Crippen LogP contribution is -2.21. The van der Waals surface area contributed by atoms with Crippen LogP contribution in [0.1, 0.15) is 36.1 Å². The minimum atomic E-state index is -0.236. The Labute approximate surface area is 127 Å². The minimum Gasteiger partial charge on any atom is -0.459 e. The summed E-state index contributed by atoms with van der Waals surface area (Å²) in [5.41, 5.74) is 2.06. The van der Waals surface area contributed by atoms with Gasteiger partial charge in [0.1, 0.15) is 23.2 Å². The molecule has 0 radical (unpaired) electrons. The molecule has 0 fully saturated rings. The zero-order valence-electron chi connectivity index (χ0n) is 12.2. The van der Waals surface area contributed by atoms with E-state index in [4.69, 9.17) is 4.42 Å². The summed E-state index contributed by atoms with van der Waals surface area (Å²) in [4.78, 5) is 1.28. The van der Waals surface area contributed by atoms with Gasteiger partial charge in [0.2, 0.25) is 0 Å². The summed E-state index contributed by atoms with van der Waals surface area (Å²) in [7, 11) is 0. The van der Waals surface area contributed by atoms with Gasteiger partial charge < -0.3 is 9.73 Å². The largest absolute Gasteiger partial charge is 0.459 e. The third kappa shape index (κ3) is 2.74. The van der Waals surface area contributed by atoms with E-state index in [9.17, 15) is 4.39 Å². The molecule has 2 heterocycles. The maximum Gasteiger partial charge on any atom is 0.134 e. The first-order chi connectivity index (χ1) is 10.2. The molecule has 0 aliphatic rings. The number of hydrogen-bond donors (Lipinski definition) is 1. The van der Waals surface area contributed by atoms with Crippen molar-refractivity contribution in [2.24, 2.45) is 0 Å². The van der Waals surface area contributed by atoms with Gasteiger partial charge in [-0.25, -0.2) is 4.39 Å². The Morgan fingerprint density at radius 3 is 2.86 bits per heavy atom. The van der Waals surface area contributed by atoms with Crippen molar-refractivity contribution in [3.8, 4) is 0 Å². The van der Waals surface area contributed by atoms with Gasteiger partial charge >= 0.3 is 0 Å². The zero-order valence-corrected chi connectivity index (χ0v) is 13.0. The first-order valence-electron chi connectivity index (χ1n) is 7.21. The van der Waals surface area contributed by atoms with Crippen LogP contribution in [0.25, 0.3) is 11.0 Å². The Morgan fingerprint density at radius 1 is 1.24 bits per heavy atom. The SMILES string of the molecule is CCNC(c1cc2cc(F)ccc2o1)c1sccc1CC. The van der Waals surface area contributed by atoms with Crippen molar-refractivity contribution in [1.29, 1.82) is 0 Å². The van der Waals surface area contributed by atoms with E-state index in [1.54, 1.807) is 17.4 Å². The molecule has 0 aliphatic heterocycles. The average molecular weight is 303 g/mol. The Hall–Kier alpha value is -1.65. The van der Waals surface area contributed by atoms with E-state index in [2.05, 4.69) is 30.6 Å². The number of furan rings is 1. The van der Waals surface area contributed by atoms with Crippen LogP contribution in [0.2, 0.25) is 0 Å². The maximum absolute atomic E-state index is 13.3. The molecule has 1 atom stereocenters. The summed E-state index contributed by atoms with van der Waals surface area (Å²) in [6.45, 7) is 5.08. The van der Waals surface area contributed by atoms with Crippen LogP contribution in [0.3, 0.4) is 0 Å². The van der Waals surface area contributed by atoms with Crippen molar-refractivity contribution in [2.75, 3.05) is 6.54 Å². The van der Waals surface area contributed by atoms with Gasteiger partial charge in [-0.2, -0.15) is 0 Å². The van der Waals surface area contributed by atoms with Gasteiger partial charge in [-0.3, -0.25) is 0 Å². The molecule has 3 rings (SSSR count). The summed E-state index contributed by atoms with van der Waals surface area (Å²) in [5.74, 6) is 0.606. The summed E-state index contributed by atoms with van der Waals surface area (Å²) in [5, 5.41) is 6.39. The van der Waals surface area contributed by atoms with Gasteiger partial charge in [0.15, 0.2) is 0 Å². The highest BCUT2D eigenvalue weighted by Crippen LogP contribution is 2.33. The van der Waals surface area contributed by atoms with Crippen LogP contribution >= 0.6 is 11.3 Å². The smallest absolute Gasteiger partial charge is 0.134 e. The van der Waals surface area contributed by atoms with Crippen LogP contribution in [0, 0.1) is 5.82 Å². The van der Waals surface area contributed by atoms with Gasteiger partial charge in [-0.15, -0.1) is 11.3 Å². The van der Waals surface area contributed by atoms with Crippen molar-refractivity contribution in [2.45, 2.75) is 26.3 Å². The standard InChI is InChI=1S/C17H18FNOS/c1-3-11-7-8-21-17(11)16(19-4-2)15-10-12-9-13(18)5-6-14(12)20-15/h5-10,16,19H,3-4H2,1-2H3. The van der Waals surface area contributed by atoms with Crippen LogP contribution in [0.15, 0.2) is 40.1 Å². The number of thiophene rings is 1. The number of benzene rings is 1. The van der Waals surface area contributed by atoms with Crippen LogP contribution in [0.4, 0.5) is 4.39 Å². The number of hydrogen-bond acceptors (Lipinski definition) is 3. The predicted octanol–water partition coefficient (Wildman–Crippen LogP) is 4.89. The average Bonchev–Trinajstić information content (AvgIpc) is 3.10. The molecule has 0 aliphatic carbocycles. The molecule has 0 saturated carbocycles. The second-order valence-electron chi connectivity index (χ2n) is 4.99. The van der Waals surface area contributed by atoms with E-state index in [1.807, 2.05) is 6.07 Å². The topological polar surface area (TPSA) is 25.2 Å². The van der Waals surface area contributed by atoms with E-state index in [0.29, 0.717) is 0 Å². The molecule has 3 aromatic rings. The van der Waals surface area contributed by atoms with Gasteiger partial charge in [0.25, 0.3) is 0 Å². The number of aryl methyl sites for hydroxylation is 1. The fourth-order valence-corrected chi connectivity index (χ4v) is 3.67. The third-order valence-electron chi connectivity index (χ3n) is 3.61. The van der Waals surface area contributed by atoms with Gasteiger partial charge in [-0.1, -0.05) is 13.8 Å². The van der Waals surface area contributed by atoms with E-state index in [-0.39, 0.29) is 11.9 Å². The van der Waals surface area contributed by atoms with Crippen LogP contribution in [-0.2, 0) is 6.42 Å². The molecule has 0 amide bonds. The van der Waals surface area contributed by atoms with Crippen LogP contribution in [0.5, 0.6) is 0 Å². The lowest BCUT2D eigenvalue weighted by molar-refractivity contribution is 0.479. The molecule has 2 nitrogen and oxygen atoms in total. The molecule has 0 spiro atoms. The predicted molar refractivity (Wildman–Crippen MR) is 85.4 cm³/mol. The van der Waals surface area contributed by atoms with Gasteiger partial charge in [0, 0.05) is 10.3 Å². The van der Waals surface area contributed by atoms with Crippen LogP contribution in [-0.4, -0.2) is 6.54 Å². The molecule has 4 heteroatoms. The summed E-state index contributed by atoms with van der Waals surface area (Å²) in [6.07, 6.45) is 0.996. The fourth-order valence-electron chi connectivity index (χ4n) is 2.60. The van der Waals surface area contributed by atoms with E-state index in [0.717, 1.165) is 29.7 Å². The highest BCUT2D eigenvalue weighted by Gasteiger charge is 2.21. The highest BCUT2D eigenvalue weighted by atomic mass is 32.1. The molecular formula is C17H18FNOS. The summed E-state index contributed by atoms with van der Waals surface area (Å²) in [6, 6.07) is 8.76.